The van der Waals surface area contributed by atoms with Gasteiger partial charge in [0.25, 0.3) is 0 Å². The SMILES string of the molecule is Cc1cccc(-n2nc(C(C)(C)C)c3c2N(CC(=O)NCc2ccc(F)cc2)C(=O)CSC3c2cccc(F)c2)c1. The molecule has 0 spiro atoms. The fourth-order valence-electron chi connectivity index (χ4n) is 4.95. The van der Waals surface area contributed by atoms with Crippen molar-refractivity contribution < 1.29 is 18.4 Å². The number of nitrogens with one attached hydrogen (secondary N) is 1. The standard InChI is InChI=1S/C32H32F2N4O2S/c1-20-7-5-10-25(15-20)38-31-28(30(36-38)32(2,3)4)29(22-8-6-9-24(34)16-22)41-19-27(40)37(31)18-26(39)35-17-21-11-13-23(33)14-12-21/h5-16,29H,17-19H2,1-4H3,(H,35,39). The second-order valence-electron chi connectivity index (χ2n) is 11.2. The Balaban J connectivity index is 1.64. The van der Waals surface area contributed by atoms with Crippen molar-refractivity contribution in [3.63, 3.8) is 0 Å². The predicted molar refractivity (Wildman–Crippen MR) is 158 cm³/mol. The van der Waals surface area contributed by atoms with E-state index in [2.05, 4.69) is 26.1 Å². The van der Waals surface area contributed by atoms with Gasteiger partial charge in [0, 0.05) is 17.5 Å². The summed E-state index contributed by atoms with van der Waals surface area (Å²) in [6.07, 6.45) is 0. The molecule has 0 saturated carbocycles. The highest BCUT2D eigenvalue weighted by Crippen LogP contribution is 2.48. The fourth-order valence-corrected chi connectivity index (χ4v) is 6.14. The van der Waals surface area contributed by atoms with E-state index >= 15 is 0 Å². The maximum atomic E-state index is 14.4. The van der Waals surface area contributed by atoms with Gasteiger partial charge in [-0.1, -0.05) is 57.2 Å². The van der Waals surface area contributed by atoms with Gasteiger partial charge < -0.3 is 5.32 Å². The Morgan fingerprint density at radius 3 is 2.44 bits per heavy atom. The number of amides is 2. The van der Waals surface area contributed by atoms with E-state index in [9.17, 15) is 18.4 Å². The summed E-state index contributed by atoms with van der Waals surface area (Å²) >= 11 is 1.40. The van der Waals surface area contributed by atoms with Gasteiger partial charge in [-0.3, -0.25) is 14.5 Å². The summed E-state index contributed by atoms with van der Waals surface area (Å²) in [5.41, 5.74) is 4.36. The normalized spacial score (nSPS) is 15.4. The molecule has 1 aromatic heterocycles. The molecule has 2 heterocycles. The van der Waals surface area contributed by atoms with Gasteiger partial charge >= 0.3 is 0 Å². The Kier molecular flexibility index (Phi) is 8.00. The van der Waals surface area contributed by atoms with Crippen LogP contribution in [0.2, 0.25) is 0 Å². The smallest absolute Gasteiger partial charge is 0.240 e. The van der Waals surface area contributed by atoms with Crippen LogP contribution in [-0.4, -0.2) is 33.9 Å². The molecule has 1 unspecified atom stereocenters. The highest BCUT2D eigenvalue weighted by molar-refractivity contribution is 8.00. The summed E-state index contributed by atoms with van der Waals surface area (Å²) in [5, 5.41) is 7.52. The number of thioether (sulfide) groups is 1. The lowest BCUT2D eigenvalue weighted by Gasteiger charge is -2.24. The minimum absolute atomic E-state index is 0.0957. The molecule has 4 aromatic rings. The van der Waals surface area contributed by atoms with Crippen LogP contribution in [0.3, 0.4) is 0 Å². The van der Waals surface area contributed by atoms with Crippen LogP contribution in [-0.2, 0) is 21.5 Å². The number of aryl methyl sites for hydroxylation is 1. The number of rotatable bonds is 6. The van der Waals surface area contributed by atoms with Crippen LogP contribution in [0, 0.1) is 18.6 Å². The summed E-state index contributed by atoms with van der Waals surface area (Å²) in [5.74, 6) is -0.730. The fraction of sp³-hybridized carbons (Fsp3) is 0.281. The van der Waals surface area contributed by atoms with Crippen LogP contribution < -0.4 is 10.2 Å². The zero-order valence-corrected chi connectivity index (χ0v) is 24.3. The second-order valence-corrected chi connectivity index (χ2v) is 12.3. The highest BCUT2D eigenvalue weighted by atomic mass is 32.2. The van der Waals surface area contributed by atoms with E-state index < -0.39 is 5.41 Å². The number of aromatic nitrogens is 2. The van der Waals surface area contributed by atoms with Gasteiger partial charge in [-0.25, -0.2) is 13.5 Å². The molecular weight excluding hydrogens is 542 g/mol. The first-order valence-electron chi connectivity index (χ1n) is 13.4. The average molecular weight is 575 g/mol. The van der Waals surface area contributed by atoms with Crippen LogP contribution in [0.4, 0.5) is 14.6 Å². The number of hydrogen-bond acceptors (Lipinski definition) is 4. The number of fused-ring (bicyclic) bond motifs is 1. The number of hydrogen-bond donors (Lipinski definition) is 1. The Labute approximate surface area is 242 Å². The lowest BCUT2D eigenvalue weighted by Crippen LogP contribution is -2.42. The van der Waals surface area contributed by atoms with Gasteiger partial charge in [-0.05, 0) is 60.0 Å². The van der Waals surface area contributed by atoms with Crippen molar-refractivity contribution in [3.8, 4) is 5.69 Å². The molecule has 0 radical (unpaired) electrons. The molecule has 3 aromatic carbocycles. The van der Waals surface area contributed by atoms with Crippen molar-refractivity contribution in [1.82, 2.24) is 15.1 Å². The zero-order chi connectivity index (χ0) is 29.3. The first-order valence-corrected chi connectivity index (χ1v) is 14.4. The molecule has 6 nitrogen and oxygen atoms in total. The van der Waals surface area contributed by atoms with Crippen LogP contribution in [0.5, 0.6) is 0 Å². The number of carbonyl (C=O) groups excluding carboxylic acids is 2. The number of carbonyl (C=O) groups is 2. The van der Waals surface area contributed by atoms with Crippen LogP contribution in [0.25, 0.3) is 5.69 Å². The maximum absolute atomic E-state index is 14.4. The van der Waals surface area contributed by atoms with Crippen LogP contribution in [0.15, 0.2) is 72.8 Å². The quantitative estimate of drug-likeness (QED) is 0.296. The zero-order valence-electron chi connectivity index (χ0n) is 23.4. The van der Waals surface area contributed by atoms with Gasteiger partial charge in [0.2, 0.25) is 11.8 Å². The molecule has 5 rings (SSSR count). The molecular formula is C32H32F2N4O2S. The average Bonchev–Trinajstić information content (AvgIpc) is 3.26. The molecule has 0 saturated heterocycles. The number of anilines is 1. The number of halogens is 2. The van der Waals surface area contributed by atoms with Gasteiger partial charge in [0.05, 0.1) is 22.4 Å². The maximum Gasteiger partial charge on any atom is 0.240 e. The van der Waals surface area contributed by atoms with E-state index in [-0.39, 0.29) is 47.5 Å². The van der Waals surface area contributed by atoms with Crippen LogP contribution >= 0.6 is 11.8 Å². The highest BCUT2D eigenvalue weighted by Gasteiger charge is 2.40. The first-order chi connectivity index (χ1) is 19.5. The first kappa shape index (κ1) is 28.5. The summed E-state index contributed by atoms with van der Waals surface area (Å²) < 4.78 is 29.5. The molecule has 1 N–H and O–H groups in total. The van der Waals surface area contributed by atoms with E-state index in [1.165, 1.54) is 40.9 Å². The molecule has 1 aliphatic rings. The Morgan fingerprint density at radius 2 is 1.76 bits per heavy atom. The molecule has 212 valence electrons. The van der Waals surface area contributed by atoms with Crippen molar-refractivity contribution in [1.29, 1.82) is 0 Å². The van der Waals surface area contributed by atoms with Gasteiger partial charge in [-0.2, -0.15) is 5.10 Å². The van der Waals surface area contributed by atoms with E-state index in [0.29, 0.717) is 5.82 Å². The lowest BCUT2D eigenvalue weighted by atomic mass is 9.87. The summed E-state index contributed by atoms with van der Waals surface area (Å²) in [4.78, 5) is 28.5. The third-order valence-electron chi connectivity index (χ3n) is 6.90. The topological polar surface area (TPSA) is 67.2 Å². The second kappa shape index (κ2) is 11.5. The molecule has 0 fully saturated rings. The van der Waals surface area contributed by atoms with Gasteiger partial charge in [-0.15, -0.1) is 11.8 Å². The van der Waals surface area contributed by atoms with Gasteiger partial charge in [0.15, 0.2) is 0 Å². The third kappa shape index (κ3) is 6.20. The summed E-state index contributed by atoms with van der Waals surface area (Å²) in [6.45, 7) is 8.10. The van der Waals surface area contributed by atoms with Crippen molar-refractivity contribution >= 4 is 29.4 Å². The lowest BCUT2D eigenvalue weighted by molar-refractivity contribution is -0.123. The third-order valence-corrected chi connectivity index (χ3v) is 8.16. The van der Waals surface area contributed by atoms with Crippen molar-refractivity contribution in [2.75, 3.05) is 17.2 Å². The molecule has 9 heteroatoms. The summed E-state index contributed by atoms with van der Waals surface area (Å²) in [6, 6.07) is 20.1. The number of benzene rings is 3. The molecule has 41 heavy (non-hydrogen) atoms. The number of nitrogens with zero attached hydrogens (tertiary/aromatic N) is 3. The van der Waals surface area contributed by atoms with Gasteiger partial charge in [0.1, 0.15) is 24.0 Å². The van der Waals surface area contributed by atoms with E-state index in [1.807, 2.05) is 37.3 Å². The molecule has 1 atom stereocenters. The Bertz CT molecular complexity index is 1590. The molecule has 0 bridgehead atoms. The molecule has 0 aliphatic carbocycles. The Morgan fingerprint density at radius 1 is 1.02 bits per heavy atom. The van der Waals surface area contributed by atoms with Crippen molar-refractivity contribution in [2.24, 2.45) is 0 Å². The molecule has 2 amide bonds. The monoisotopic (exact) mass is 574 g/mol. The van der Waals surface area contributed by atoms with E-state index in [0.717, 1.165) is 33.6 Å². The van der Waals surface area contributed by atoms with Crippen molar-refractivity contribution in [2.45, 2.75) is 44.9 Å². The minimum atomic E-state index is -0.421. The largest absolute Gasteiger partial charge is 0.350 e. The summed E-state index contributed by atoms with van der Waals surface area (Å²) in [7, 11) is 0. The van der Waals surface area contributed by atoms with E-state index in [1.54, 1.807) is 22.9 Å². The molecule has 1 aliphatic heterocycles. The minimum Gasteiger partial charge on any atom is -0.350 e. The van der Waals surface area contributed by atoms with Crippen molar-refractivity contribution in [3.05, 3.63) is 112 Å². The van der Waals surface area contributed by atoms with E-state index in [4.69, 9.17) is 5.10 Å². The van der Waals surface area contributed by atoms with Crippen LogP contribution in [0.1, 0.15) is 54.0 Å². The Hall–Kier alpha value is -3.98. The predicted octanol–water partition coefficient (Wildman–Crippen LogP) is 6.24.